The Morgan fingerprint density at radius 3 is 2.84 bits per heavy atom. The first kappa shape index (κ1) is 12.1. The summed E-state index contributed by atoms with van der Waals surface area (Å²) >= 11 is 5.77. The predicted octanol–water partition coefficient (Wildman–Crippen LogP) is 4.09. The number of fused-ring (bicyclic) bond motifs is 1. The van der Waals surface area contributed by atoms with Crippen LogP contribution in [-0.4, -0.2) is 6.79 Å². The molecule has 2 aromatic rings. The molecule has 19 heavy (non-hydrogen) atoms. The molecule has 5 heteroatoms. The summed E-state index contributed by atoms with van der Waals surface area (Å²) < 4.78 is 29.8. The van der Waals surface area contributed by atoms with Crippen LogP contribution in [-0.2, 0) is 5.88 Å². The summed E-state index contributed by atoms with van der Waals surface area (Å²) in [4.78, 5) is 0. The zero-order valence-corrected chi connectivity index (χ0v) is 10.6. The van der Waals surface area contributed by atoms with Crippen LogP contribution in [0.15, 0.2) is 36.4 Å². The molecule has 0 unspecified atom stereocenters. The minimum absolute atomic E-state index is 0.136. The van der Waals surface area contributed by atoms with Gasteiger partial charge in [-0.2, -0.15) is 0 Å². The van der Waals surface area contributed by atoms with E-state index in [2.05, 4.69) is 0 Å². The molecule has 0 aliphatic carbocycles. The fourth-order valence-corrected chi connectivity index (χ4v) is 2.04. The van der Waals surface area contributed by atoms with E-state index < -0.39 is 5.82 Å². The van der Waals surface area contributed by atoms with Gasteiger partial charge in [0, 0.05) is 11.6 Å². The van der Waals surface area contributed by atoms with Crippen molar-refractivity contribution in [1.29, 1.82) is 0 Å². The Bertz CT molecular complexity index is 616. The second-order valence-electron chi connectivity index (χ2n) is 3.98. The Kier molecular flexibility index (Phi) is 3.17. The van der Waals surface area contributed by atoms with E-state index >= 15 is 0 Å². The minimum Gasteiger partial charge on any atom is -0.454 e. The molecule has 1 aliphatic rings. The molecule has 3 rings (SSSR count). The topological polar surface area (TPSA) is 27.7 Å². The lowest BCUT2D eigenvalue weighted by Crippen LogP contribution is -1.93. The maximum Gasteiger partial charge on any atom is 0.231 e. The van der Waals surface area contributed by atoms with E-state index in [-0.39, 0.29) is 18.4 Å². The van der Waals surface area contributed by atoms with Crippen LogP contribution in [0.3, 0.4) is 0 Å². The summed E-state index contributed by atoms with van der Waals surface area (Å²) in [6.07, 6.45) is 0. The first-order chi connectivity index (χ1) is 9.28. The standard InChI is InChI=1S/C14H10ClFO3/c15-7-9-2-1-3-11(16)14(9)19-10-4-5-12-13(6-10)18-8-17-12/h1-6H,7-8H2. The van der Waals surface area contributed by atoms with Crippen LogP contribution in [0, 0.1) is 5.82 Å². The van der Waals surface area contributed by atoms with E-state index in [4.69, 9.17) is 25.8 Å². The van der Waals surface area contributed by atoms with E-state index in [9.17, 15) is 4.39 Å². The smallest absolute Gasteiger partial charge is 0.231 e. The number of hydrogen-bond acceptors (Lipinski definition) is 3. The van der Waals surface area contributed by atoms with Gasteiger partial charge in [-0.3, -0.25) is 0 Å². The van der Waals surface area contributed by atoms with Gasteiger partial charge >= 0.3 is 0 Å². The molecule has 0 bridgehead atoms. The number of ether oxygens (including phenoxy) is 3. The molecule has 3 nitrogen and oxygen atoms in total. The summed E-state index contributed by atoms with van der Waals surface area (Å²) in [7, 11) is 0. The first-order valence-corrected chi connectivity index (χ1v) is 6.22. The average molecular weight is 281 g/mol. The first-order valence-electron chi connectivity index (χ1n) is 5.69. The third-order valence-electron chi connectivity index (χ3n) is 2.76. The average Bonchev–Trinajstić information content (AvgIpc) is 2.88. The van der Waals surface area contributed by atoms with Crippen molar-refractivity contribution in [1.82, 2.24) is 0 Å². The van der Waals surface area contributed by atoms with Crippen molar-refractivity contribution in [2.75, 3.05) is 6.79 Å². The van der Waals surface area contributed by atoms with E-state index in [1.165, 1.54) is 6.07 Å². The van der Waals surface area contributed by atoms with Crippen LogP contribution in [0.2, 0.25) is 0 Å². The third-order valence-corrected chi connectivity index (χ3v) is 3.04. The zero-order chi connectivity index (χ0) is 13.2. The lowest BCUT2D eigenvalue weighted by atomic mass is 10.2. The van der Waals surface area contributed by atoms with Crippen molar-refractivity contribution in [2.45, 2.75) is 5.88 Å². The molecule has 1 aliphatic heterocycles. The van der Waals surface area contributed by atoms with Crippen LogP contribution in [0.25, 0.3) is 0 Å². The predicted molar refractivity (Wildman–Crippen MR) is 68.6 cm³/mol. The normalized spacial score (nSPS) is 12.5. The molecule has 1 heterocycles. The van der Waals surface area contributed by atoms with Gasteiger partial charge in [0.1, 0.15) is 5.75 Å². The van der Waals surface area contributed by atoms with Crippen molar-refractivity contribution in [3.8, 4) is 23.0 Å². The minimum atomic E-state index is -0.448. The molecule has 98 valence electrons. The van der Waals surface area contributed by atoms with E-state index in [0.29, 0.717) is 22.8 Å². The molecule has 0 atom stereocenters. The van der Waals surface area contributed by atoms with Crippen molar-refractivity contribution in [2.24, 2.45) is 0 Å². The fourth-order valence-electron chi connectivity index (χ4n) is 1.83. The number of halogens is 2. The number of hydrogen-bond donors (Lipinski definition) is 0. The summed E-state index contributed by atoms with van der Waals surface area (Å²) in [5.74, 6) is 1.57. The zero-order valence-electron chi connectivity index (χ0n) is 9.86. The third kappa shape index (κ3) is 2.31. The van der Waals surface area contributed by atoms with Crippen molar-refractivity contribution >= 4 is 11.6 Å². The molecular formula is C14H10ClFO3. The molecule has 0 spiro atoms. The second-order valence-corrected chi connectivity index (χ2v) is 4.25. The van der Waals surface area contributed by atoms with Gasteiger partial charge in [0.15, 0.2) is 23.1 Å². The molecule has 0 radical (unpaired) electrons. The summed E-state index contributed by atoms with van der Waals surface area (Å²) in [6, 6.07) is 9.72. The highest BCUT2D eigenvalue weighted by molar-refractivity contribution is 6.17. The quantitative estimate of drug-likeness (QED) is 0.793. The summed E-state index contributed by atoms with van der Waals surface area (Å²) in [5, 5.41) is 0. The number of para-hydroxylation sites is 1. The summed E-state index contributed by atoms with van der Waals surface area (Å²) in [5.41, 5.74) is 0.597. The maximum atomic E-state index is 13.8. The van der Waals surface area contributed by atoms with Crippen LogP contribution in [0.4, 0.5) is 4.39 Å². The molecule has 0 aromatic heterocycles. The van der Waals surface area contributed by atoms with Crippen molar-refractivity contribution in [3.63, 3.8) is 0 Å². The number of alkyl halides is 1. The molecule has 0 saturated carbocycles. The Balaban J connectivity index is 1.93. The Morgan fingerprint density at radius 1 is 1.16 bits per heavy atom. The van der Waals surface area contributed by atoms with Gasteiger partial charge in [0.2, 0.25) is 6.79 Å². The highest BCUT2D eigenvalue weighted by Gasteiger charge is 2.16. The molecular weight excluding hydrogens is 271 g/mol. The Labute approximate surface area is 114 Å². The lowest BCUT2D eigenvalue weighted by Gasteiger charge is -2.10. The highest BCUT2D eigenvalue weighted by Crippen LogP contribution is 2.37. The van der Waals surface area contributed by atoms with Gasteiger partial charge in [0.25, 0.3) is 0 Å². The monoisotopic (exact) mass is 280 g/mol. The van der Waals surface area contributed by atoms with Crippen molar-refractivity contribution < 1.29 is 18.6 Å². The SMILES string of the molecule is Fc1cccc(CCl)c1Oc1ccc2c(c1)OCO2. The molecule has 2 aromatic carbocycles. The number of rotatable bonds is 3. The molecule has 0 amide bonds. The maximum absolute atomic E-state index is 13.8. The van der Waals surface area contributed by atoms with E-state index in [0.717, 1.165) is 0 Å². The Morgan fingerprint density at radius 2 is 2.00 bits per heavy atom. The molecule has 0 saturated heterocycles. The van der Waals surface area contributed by atoms with Gasteiger partial charge in [0.05, 0.1) is 5.88 Å². The van der Waals surface area contributed by atoms with Crippen LogP contribution in [0.5, 0.6) is 23.0 Å². The van der Waals surface area contributed by atoms with Gasteiger partial charge in [-0.05, 0) is 18.2 Å². The van der Waals surface area contributed by atoms with E-state index in [1.54, 1.807) is 30.3 Å². The summed E-state index contributed by atoms with van der Waals surface area (Å²) in [6.45, 7) is 0.186. The van der Waals surface area contributed by atoms with Crippen molar-refractivity contribution in [3.05, 3.63) is 47.8 Å². The largest absolute Gasteiger partial charge is 0.454 e. The second kappa shape index (κ2) is 4.97. The van der Waals surface area contributed by atoms with Gasteiger partial charge in [-0.1, -0.05) is 12.1 Å². The van der Waals surface area contributed by atoms with Crippen LogP contribution < -0.4 is 14.2 Å². The van der Waals surface area contributed by atoms with Gasteiger partial charge < -0.3 is 14.2 Å². The Hall–Kier alpha value is -1.94. The number of benzene rings is 2. The molecule has 0 N–H and O–H groups in total. The molecule has 0 fully saturated rings. The van der Waals surface area contributed by atoms with Crippen LogP contribution in [0.1, 0.15) is 5.56 Å². The fraction of sp³-hybridized carbons (Fsp3) is 0.143. The van der Waals surface area contributed by atoms with Gasteiger partial charge in [-0.25, -0.2) is 4.39 Å². The lowest BCUT2D eigenvalue weighted by molar-refractivity contribution is 0.174. The van der Waals surface area contributed by atoms with Crippen LogP contribution >= 0.6 is 11.6 Å². The van der Waals surface area contributed by atoms with E-state index in [1.807, 2.05) is 0 Å². The van der Waals surface area contributed by atoms with Gasteiger partial charge in [-0.15, -0.1) is 11.6 Å². The highest BCUT2D eigenvalue weighted by atomic mass is 35.5.